The molecular formula is C30H27Cl2N5O3S. The van der Waals surface area contributed by atoms with Gasteiger partial charge in [-0.3, -0.25) is 4.79 Å². The normalized spacial score (nSPS) is 14.3. The van der Waals surface area contributed by atoms with Crippen molar-refractivity contribution in [1.29, 1.82) is 0 Å². The van der Waals surface area contributed by atoms with Crippen LogP contribution in [0.3, 0.4) is 0 Å². The molecule has 2 aliphatic heterocycles. The molecule has 210 valence electrons. The molecular weight excluding hydrogens is 581 g/mol. The number of halogens is 2. The lowest BCUT2D eigenvalue weighted by atomic mass is 10.1. The Kier molecular flexibility index (Phi) is 8.36. The number of anilines is 2. The summed E-state index contributed by atoms with van der Waals surface area (Å²) < 4.78 is 10.7. The quantitative estimate of drug-likeness (QED) is 0.147. The van der Waals surface area contributed by atoms with Gasteiger partial charge in [0.15, 0.2) is 16.7 Å². The van der Waals surface area contributed by atoms with Gasteiger partial charge in [-0.05, 0) is 53.6 Å². The molecule has 1 aromatic heterocycles. The van der Waals surface area contributed by atoms with Crippen LogP contribution >= 0.6 is 35.0 Å². The van der Waals surface area contributed by atoms with Crippen molar-refractivity contribution in [2.75, 3.05) is 42.8 Å². The molecule has 8 nitrogen and oxygen atoms in total. The smallest absolute Gasteiger partial charge is 0.251 e. The third-order valence-corrected chi connectivity index (χ3v) is 8.26. The Bertz CT molecular complexity index is 1550. The van der Waals surface area contributed by atoms with Crippen LogP contribution in [0.25, 0.3) is 0 Å². The second-order valence-corrected chi connectivity index (χ2v) is 11.4. The van der Waals surface area contributed by atoms with Gasteiger partial charge >= 0.3 is 0 Å². The van der Waals surface area contributed by atoms with Gasteiger partial charge in [-0.25, -0.2) is 9.97 Å². The van der Waals surface area contributed by atoms with Crippen molar-refractivity contribution in [3.05, 3.63) is 99.7 Å². The Labute approximate surface area is 252 Å². The first kappa shape index (κ1) is 27.5. The molecule has 0 bridgehead atoms. The van der Waals surface area contributed by atoms with Crippen LogP contribution in [0, 0.1) is 0 Å². The molecule has 41 heavy (non-hydrogen) atoms. The third-order valence-electron chi connectivity index (χ3n) is 6.91. The molecule has 4 aromatic rings. The maximum Gasteiger partial charge on any atom is 0.251 e. The second-order valence-electron chi connectivity index (χ2n) is 9.64. The molecule has 1 saturated heterocycles. The highest BCUT2D eigenvalue weighted by Crippen LogP contribution is 2.32. The van der Waals surface area contributed by atoms with Crippen LogP contribution in [0.2, 0.25) is 10.2 Å². The van der Waals surface area contributed by atoms with E-state index in [0.29, 0.717) is 33.9 Å². The molecule has 0 atom stereocenters. The zero-order chi connectivity index (χ0) is 28.2. The fraction of sp³-hybridized carbons (Fsp3) is 0.233. The lowest BCUT2D eigenvalue weighted by Crippen LogP contribution is -2.46. The minimum Gasteiger partial charge on any atom is -0.454 e. The van der Waals surface area contributed by atoms with E-state index in [0.717, 1.165) is 59.6 Å². The summed E-state index contributed by atoms with van der Waals surface area (Å²) in [4.78, 5) is 26.4. The largest absolute Gasteiger partial charge is 0.454 e. The van der Waals surface area contributed by atoms with Crippen molar-refractivity contribution in [3.63, 3.8) is 0 Å². The Hall–Kier alpha value is -3.66. The summed E-state index contributed by atoms with van der Waals surface area (Å²) in [6.45, 7) is 3.99. The highest BCUT2D eigenvalue weighted by molar-refractivity contribution is 7.98. The first-order chi connectivity index (χ1) is 20.0. The van der Waals surface area contributed by atoms with Crippen LogP contribution in [0.15, 0.2) is 78.0 Å². The summed E-state index contributed by atoms with van der Waals surface area (Å²) in [7, 11) is 0. The lowest BCUT2D eigenvalue weighted by Gasteiger charge is -2.36. The van der Waals surface area contributed by atoms with Gasteiger partial charge in [-0.1, -0.05) is 59.2 Å². The zero-order valence-electron chi connectivity index (χ0n) is 22.1. The number of amides is 1. The predicted octanol–water partition coefficient (Wildman–Crippen LogP) is 6.06. The van der Waals surface area contributed by atoms with E-state index in [9.17, 15) is 4.79 Å². The predicted molar refractivity (Wildman–Crippen MR) is 163 cm³/mol. The number of benzene rings is 3. The summed E-state index contributed by atoms with van der Waals surface area (Å²) in [5.74, 6) is 2.76. The molecule has 2 aliphatic rings. The number of thioether (sulfide) groups is 1. The number of piperazine rings is 1. The Morgan fingerprint density at radius 2 is 1.61 bits per heavy atom. The summed E-state index contributed by atoms with van der Waals surface area (Å²) in [6, 6.07) is 23.0. The molecule has 1 fully saturated rings. The number of hydrogen-bond donors (Lipinski definition) is 1. The second kappa shape index (κ2) is 12.5. The fourth-order valence-corrected chi connectivity index (χ4v) is 5.94. The van der Waals surface area contributed by atoms with Crippen molar-refractivity contribution in [3.8, 4) is 11.5 Å². The molecule has 0 aliphatic carbocycles. The molecule has 3 aromatic carbocycles. The molecule has 0 radical (unpaired) electrons. The number of carbonyl (C=O) groups excluding carboxylic acids is 1. The maximum atomic E-state index is 12.7. The SMILES string of the molecule is O=C(NCc1ccc2c(c1)OCO2)c1ccc(CSc2nc(Cl)cc(N3CCN(c4cccc(Cl)c4)CC3)n2)cc1. The molecule has 6 rings (SSSR count). The summed E-state index contributed by atoms with van der Waals surface area (Å²) >= 11 is 14.1. The average molecular weight is 609 g/mol. The highest BCUT2D eigenvalue weighted by atomic mass is 35.5. The number of aromatic nitrogens is 2. The van der Waals surface area contributed by atoms with Crippen molar-refractivity contribution in [2.24, 2.45) is 0 Å². The van der Waals surface area contributed by atoms with E-state index in [1.54, 1.807) is 0 Å². The van der Waals surface area contributed by atoms with E-state index in [-0.39, 0.29) is 12.7 Å². The van der Waals surface area contributed by atoms with E-state index >= 15 is 0 Å². The molecule has 0 spiro atoms. The lowest BCUT2D eigenvalue weighted by molar-refractivity contribution is 0.0951. The summed E-state index contributed by atoms with van der Waals surface area (Å²) in [6.07, 6.45) is 0. The van der Waals surface area contributed by atoms with Gasteiger partial charge in [-0.15, -0.1) is 0 Å². The van der Waals surface area contributed by atoms with Gasteiger partial charge in [0.25, 0.3) is 5.91 Å². The van der Waals surface area contributed by atoms with Crippen molar-refractivity contribution >= 4 is 52.4 Å². The van der Waals surface area contributed by atoms with E-state index in [1.807, 2.05) is 66.7 Å². The van der Waals surface area contributed by atoms with E-state index in [4.69, 9.17) is 37.7 Å². The Morgan fingerprint density at radius 3 is 2.41 bits per heavy atom. The van der Waals surface area contributed by atoms with Crippen LogP contribution in [0.5, 0.6) is 11.5 Å². The van der Waals surface area contributed by atoms with E-state index < -0.39 is 0 Å². The van der Waals surface area contributed by atoms with Gasteiger partial charge in [0, 0.05) is 60.8 Å². The van der Waals surface area contributed by atoms with Gasteiger partial charge in [0.1, 0.15) is 11.0 Å². The number of nitrogens with one attached hydrogen (secondary N) is 1. The van der Waals surface area contributed by atoms with Gasteiger partial charge in [0.2, 0.25) is 6.79 Å². The summed E-state index contributed by atoms with van der Waals surface area (Å²) in [5.41, 5.74) is 3.72. The number of ether oxygens (including phenoxy) is 2. The van der Waals surface area contributed by atoms with Gasteiger partial charge < -0.3 is 24.6 Å². The van der Waals surface area contributed by atoms with Crippen LogP contribution in [0.4, 0.5) is 11.5 Å². The molecule has 0 saturated carbocycles. The molecule has 3 heterocycles. The number of fused-ring (bicyclic) bond motifs is 1. The fourth-order valence-electron chi connectivity index (χ4n) is 4.71. The van der Waals surface area contributed by atoms with Crippen molar-refractivity contribution < 1.29 is 14.3 Å². The number of hydrogen-bond acceptors (Lipinski definition) is 8. The van der Waals surface area contributed by atoms with E-state index in [1.165, 1.54) is 11.8 Å². The Balaban J connectivity index is 1.01. The maximum absolute atomic E-state index is 12.7. The third kappa shape index (κ3) is 6.81. The van der Waals surface area contributed by atoms with Crippen molar-refractivity contribution in [2.45, 2.75) is 17.5 Å². The number of rotatable bonds is 8. The summed E-state index contributed by atoms with van der Waals surface area (Å²) in [5, 5.41) is 4.73. The molecule has 1 amide bonds. The minimum atomic E-state index is -0.139. The topological polar surface area (TPSA) is 79.8 Å². The molecule has 0 unspecified atom stereocenters. The van der Waals surface area contributed by atoms with Crippen LogP contribution < -0.4 is 24.6 Å². The molecule has 11 heteroatoms. The van der Waals surface area contributed by atoms with E-state index in [2.05, 4.69) is 26.2 Å². The first-order valence-corrected chi connectivity index (χ1v) is 14.9. The average Bonchev–Trinajstić information content (AvgIpc) is 3.47. The van der Waals surface area contributed by atoms with Crippen LogP contribution in [0.1, 0.15) is 21.5 Å². The van der Waals surface area contributed by atoms with Crippen molar-refractivity contribution in [1.82, 2.24) is 15.3 Å². The molecule has 1 N–H and O–H groups in total. The van der Waals surface area contributed by atoms with Gasteiger partial charge in [0.05, 0.1) is 0 Å². The van der Waals surface area contributed by atoms with Crippen LogP contribution in [-0.4, -0.2) is 48.8 Å². The standard InChI is InChI=1S/C30H27Cl2N5O3S/c31-23-2-1-3-24(15-23)36-10-12-37(13-11-36)28-16-27(32)34-30(35-28)41-18-20-4-7-22(8-5-20)29(38)33-17-21-6-9-25-26(14-21)40-19-39-25/h1-9,14-16H,10-13,17-19H2,(H,33,38). The minimum absolute atomic E-state index is 0.139. The van der Waals surface area contributed by atoms with Crippen LogP contribution in [-0.2, 0) is 12.3 Å². The first-order valence-electron chi connectivity index (χ1n) is 13.2. The highest BCUT2D eigenvalue weighted by Gasteiger charge is 2.20. The number of carbonyl (C=O) groups is 1. The number of nitrogens with zero attached hydrogens (tertiary/aromatic N) is 4. The monoisotopic (exact) mass is 607 g/mol. The zero-order valence-corrected chi connectivity index (χ0v) is 24.4. The Morgan fingerprint density at radius 1 is 0.854 bits per heavy atom. The van der Waals surface area contributed by atoms with Gasteiger partial charge in [-0.2, -0.15) is 0 Å².